The molecule has 1 aromatic rings. The van der Waals surface area contributed by atoms with Gasteiger partial charge in [0.25, 0.3) is 0 Å². The van der Waals surface area contributed by atoms with Crippen LogP contribution in [-0.4, -0.2) is 10.8 Å². The molecule has 0 saturated heterocycles. The number of Topliss-reactive ketones (excluding diaryl/α,β-unsaturated/α-hetero) is 1. The molecular formula is C10H11BrClNO. The third-order valence-electron chi connectivity index (χ3n) is 1.96. The minimum Gasteiger partial charge on any atom is -0.300 e. The molecule has 0 fully saturated rings. The van der Waals surface area contributed by atoms with Crippen LogP contribution in [0.2, 0.25) is 5.15 Å². The van der Waals surface area contributed by atoms with Gasteiger partial charge in [-0.25, -0.2) is 4.98 Å². The molecule has 0 aromatic carbocycles. The lowest BCUT2D eigenvalue weighted by Gasteiger charge is -2.02. The minimum atomic E-state index is 0.270. The van der Waals surface area contributed by atoms with Crippen molar-refractivity contribution in [2.24, 2.45) is 0 Å². The van der Waals surface area contributed by atoms with Crippen LogP contribution in [0.25, 0.3) is 0 Å². The van der Waals surface area contributed by atoms with Crippen molar-refractivity contribution in [1.29, 1.82) is 0 Å². The summed E-state index contributed by atoms with van der Waals surface area (Å²) in [7, 11) is 0. The van der Waals surface area contributed by atoms with Crippen LogP contribution in [0.5, 0.6) is 0 Å². The van der Waals surface area contributed by atoms with Crippen molar-refractivity contribution in [1.82, 2.24) is 4.98 Å². The number of aryl methyl sites for hydroxylation is 1. The molecule has 0 spiro atoms. The molecule has 1 rings (SSSR count). The molecule has 14 heavy (non-hydrogen) atoms. The van der Waals surface area contributed by atoms with Crippen molar-refractivity contribution in [2.45, 2.75) is 26.2 Å². The van der Waals surface area contributed by atoms with Crippen molar-refractivity contribution in [3.63, 3.8) is 0 Å². The molecule has 1 heterocycles. The first-order chi connectivity index (χ1) is 6.63. The second-order valence-electron chi connectivity index (χ2n) is 2.99. The van der Waals surface area contributed by atoms with Gasteiger partial charge in [0.2, 0.25) is 0 Å². The maximum atomic E-state index is 11.1. The topological polar surface area (TPSA) is 30.0 Å². The Morgan fingerprint density at radius 1 is 1.64 bits per heavy atom. The monoisotopic (exact) mass is 275 g/mol. The van der Waals surface area contributed by atoms with Gasteiger partial charge in [0.1, 0.15) is 10.9 Å². The van der Waals surface area contributed by atoms with Crippen LogP contribution in [0.4, 0.5) is 0 Å². The summed E-state index contributed by atoms with van der Waals surface area (Å²) < 4.78 is 0.918. The number of pyridine rings is 1. The number of aromatic nitrogens is 1. The van der Waals surface area contributed by atoms with E-state index in [9.17, 15) is 4.79 Å². The molecule has 0 aliphatic rings. The highest BCUT2D eigenvalue weighted by atomic mass is 79.9. The summed E-state index contributed by atoms with van der Waals surface area (Å²) in [6, 6.07) is 1.74. The fourth-order valence-electron chi connectivity index (χ4n) is 1.07. The number of nitrogens with zero attached hydrogens (tertiary/aromatic N) is 1. The van der Waals surface area contributed by atoms with E-state index < -0.39 is 0 Å². The highest BCUT2D eigenvalue weighted by Crippen LogP contribution is 2.20. The van der Waals surface area contributed by atoms with Crippen molar-refractivity contribution < 1.29 is 4.79 Å². The number of carbonyl (C=O) groups is 1. The molecular weight excluding hydrogens is 265 g/mol. The van der Waals surface area contributed by atoms with Crippen molar-refractivity contribution >= 4 is 33.3 Å². The standard InChI is InChI=1S/C10H11BrClNO/c1-2-8(14)4-3-7-6-13-10(12)5-9(7)11/h5-6H,2-4H2,1H3. The molecule has 0 radical (unpaired) electrons. The SMILES string of the molecule is CCC(=O)CCc1cnc(Cl)cc1Br. The molecule has 1 aromatic heterocycles. The second-order valence-corrected chi connectivity index (χ2v) is 4.23. The first kappa shape index (κ1) is 11.7. The Balaban J connectivity index is 2.63. The molecule has 0 N–H and O–H groups in total. The van der Waals surface area contributed by atoms with E-state index in [1.165, 1.54) is 0 Å². The number of hydrogen-bond donors (Lipinski definition) is 0. The molecule has 0 unspecified atom stereocenters. The third-order valence-corrected chi connectivity index (χ3v) is 2.91. The number of halogens is 2. The van der Waals surface area contributed by atoms with E-state index in [0.29, 0.717) is 18.0 Å². The largest absolute Gasteiger partial charge is 0.300 e. The average Bonchev–Trinajstić information content (AvgIpc) is 2.16. The average molecular weight is 277 g/mol. The Kier molecular flexibility index (Phi) is 4.55. The van der Waals surface area contributed by atoms with Gasteiger partial charge < -0.3 is 0 Å². The summed E-state index contributed by atoms with van der Waals surface area (Å²) in [4.78, 5) is 15.1. The lowest BCUT2D eigenvalue weighted by atomic mass is 10.1. The van der Waals surface area contributed by atoms with Gasteiger partial charge in [0, 0.05) is 23.5 Å². The molecule has 0 saturated carbocycles. The Morgan fingerprint density at radius 2 is 2.36 bits per heavy atom. The van der Waals surface area contributed by atoms with Crippen LogP contribution in [0, 0.1) is 0 Å². The van der Waals surface area contributed by atoms with Gasteiger partial charge in [-0.2, -0.15) is 0 Å². The van der Waals surface area contributed by atoms with Crippen LogP contribution in [0.1, 0.15) is 25.3 Å². The predicted molar refractivity (Wildman–Crippen MR) is 60.6 cm³/mol. The zero-order chi connectivity index (χ0) is 10.6. The highest BCUT2D eigenvalue weighted by molar-refractivity contribution is 9.10. The van der Waals surface area contributed by atoms with Gasteiger partial charge in [0.15, 0.2) is 0 Å². The molecule has 0 atom stereocenters. The van der Waals surface area contributed by atoms with Gasteiger partial charge in [-0.05, 0) is 18.1 Å². The van der Waals surface area contributed by atoms with E-state index >= 15 is 0 Å². The van der Waals surface area contributed by atoms with Gasteiger partial charge in [0.05, 0.1) is 0 Å². The molecule has 2 nitrogen and oxygen atoms in total. The summed E-state index contributed by atoms with van der Waals surface area (Å²) in [5.74, 6) is 0.270. The van der Waals surface area contributed by atoms with E-state index in [2.05, 4.69) is 20.9 Å². The highest BCUT2D eigenvalue weighted by Gasteiger charge is 2.04. The zero-order valence-electron chi connectivity index (χ0n) is 7.89. The van der Waals surface area contributed by atoms with Gasteiger partial charge in [-0.15, -0.1) is 0 Å². The summed E-state index contributed by atoms with van der Waals surface area (Å²) in [6.45, 7) is 1.87. The Morgan fingerprint density at radius 3 is 2.93 bits per heavy atom. The fraction of sp³-hybridized carbons (Fsp3) is 0.400. The van der Waals surface area contributed by atoms with E-state index in [0.717, 1.165) is 16.5 Å². The lowest BCUT2D eigenvalue weighted by Crippen LogP contribution is -1.98. The van der Waals surface area contributed by atoms with Crippen molar-refractivity contribution in [3.8, 4) is 0 Å². The summed E-state index contributed by atoms with van der Waals surface area (Å²) in [5, 5.41) is 0.461. The third kappa shape index (κ3) is 3.39. The zero-order valence-corrected chi connectivity index (χ0v) is 10.2. The minimum absolute atomic E-state index is 0.270. The van der Waals surface area contributed by atoms with Gasteiger partial charge >= 0.3 is 0 Å². The van der Waals surface area contributed by atoms with Crippen LogP contribution in [-0.2, 0) is 11.2 Å². The second kappa shape index (κ2) is 5.47. The van der Waals surface area contributed by atoms with Crippen LogP contribution >= 0.6 is 27.5 Å². The Hall–Kier alpha value is -0.410. The summed E-state index contributed by atoms with van der Waals surface area (Å²) in [5.41, 5.74) is 1.02. The molecule has 0 aliphatic heterocycles. The maximum Gasteiger partial charge on any atom is 0.132 e. The molecule has 0 bridgehead atoms. The van der Waals surface area contributed by atoms with Gasteiger partial charge in [-0.1, -0.05) is 34.5 Å². The van der Waals surface area contributed by atoms with Crippen molar-refractivity contribution in [2.75, 3.05) is 0 Å². The van der Waals surface area contributed by atoms with Crippen molar-refractivity contribution in [3.05, 3.63) is 27.5 Å². The van der Waals surface area contributed by atoms with E-state index in [1.807, 2.05) is 6.92 Å². The van der Waals surface area contributed by atoms with E-state index in [-0.39, 0.29) is 5.78 Å². The smallest absolute Gasteiger partial charge is 0.132 e. The molecule has 0 aliphatic carbocycles. The van der Waals surface area contributed by atoms with E-state index in [4.69, 9.17) is 11.6 Å². The number of carbonyl (C=O) groups excluding carboxylic acids is 1. The summed E-state index contributed by atoms with van der Waals surface area (Å²) >= 11 is 9.08. The predicted octanol–water partition coefficient (Wildman–Crippen LogP) is 3.41. The van der Waals surface area contributed by atoms with Crippen LogP contribution in [0.15, 0.2) is 16.7 Å². The fourth-order valence-corrected chi connectivity index (χ4v) is 1.88. The molecule has 0 amide bonds. The maximum absolute atomic E-state index is 11.1. The Labute approximate surface area is 96.8 Å². The summed E-state index contributed by atoms with van der Waals surface area (Å²) in [6.07, 6.45) is 3.59. The number of rotatable bonds is 4. The number of ketones is 1. The number of hydrogen-bond acceptors (Lipinski definition) is 2. The Bertz CT molecular complexity index is 341. The molecule has 76 valence electrons. The first-order valence-electron chi connectivity index (χ1n) is 4.45. The van der Waals surface area contributed by atoms with Crippen LogP contribution in [0.3, 0.4) is 0 Å². The quantitative estimate of drug-likeness (QED) is 0.789. The molecule has 4 heteroatoms. The van der Waals surface area contributed by atoms with E-state index in [1.54, 1.807) is 12.3 Å². The lowest BCUT2D eigenvalue weighted by molar-refractivity contribution is -0.118. The normalized spacial score (nSPS) is 10.2. The first-order valence-corrected chi connectivity index (χ1v) is 5.62. The van der Waals surface area contributed by atoms with Crippen LogP contribution < -0.4 is 0 Å². The van der Waals surface area contributed by atoms with Gasteiger partial charge in [-0.3, -0.25) is 4.79 Å².